The molecule has 1 unspecified atom stereocenters. The Labute approximate surface area is 120 Å². The van der Waals surface area contributed by atoms with Crippen molar-refractivity contribution in [2.24, 2.45) is 0 Å². The molecule has 0 saturated heterocycles. The fourth-order valence-electron chi connectivity index (χ4n) is 3.24. The average Bonchev–Trinajstić information content (AvgIpc) is 2.99. The highest BCUT2D eigenvalue weighted by atomic mass is 16.3. The van der Waals surface area contributed by atoms with Gasteiger partial charge < -0.3 is 9.67 Å². The summed E-state index contributed by atoms with van der Waals surface area (Å²) in [6.45, 7) is 1.84. The minimum atomic E-state index is -1.04. The van der Waals surface area contributed by atoms with Crippen molar-refractivity contribution >= 4 is 0 Å². The van der Waals surface area contributed by atoms with E-state index < -0.39 is 5.60 Å². The first-order valence-electron chi connectivity index (χ1n) is 7.51. The van der Waals surface area contributed by atoms with Crippen LogP contribution in [0.4, 0.5) is 0 Å². The van der Waals surface area contributed by atoms with Crippen molar-refractivity contribution < 1.29 is 5.11 Å². The minimum absolute atomic E-state index is 0.483. The van der Waals surface area contributed by atoms with Gasteiger partial charge in [0.15, 0.2) is 0 Å². The third-order valence-corrected chi connectivity index (χ3v) is 4.41. The monoisotopic (exact) mass is 270 g/mol. The van der Waals surface area contributed by atoms with Gasteiger partial charge in [0, 0.05) is 18.4 Å². The van der Waals surface area contributed by atoms with E-state index in [9.17, 15) is 5.11 Å². The molecular weight excluding hydrogens is 248 g/mol. The Hall–Kier alpha value is -1.61. The second-order valence-electron chi connectivity index (χ2n) is 5.89. The molecule has 3 heteroatoms. The van der Waals surface area contributed by atoms with Crippen LogP contribution in [0.2, 0.25) is 0 Å². The molecule has 2 aromatic rings. The van der Waals surface area contributed by atoms with E-state index >= 15 is 0 Å². The summed E-state index contributed by atoms with van der Waals surface area (Å²) in [6, 6.07) is 10.3. The van der Waals surface area contributed by atoms with E-state index in [1.165, 1.54) is 32.1 Å². The van der Waals surface area contributed by atoms with Crippen LogP contribution in [-0.4, -0.2) is 14.7 Å². The van der Waals surface area contributed by atoms with Gasteiger partial charge >= 0.3 is 0 Å². The van der Waals surface area contributed by atoms with Gasteiger partial charge in [0.05, 0.1) is 0 Å². The van der Waals surface area contributed by atoms with E-state index in [1.807, 2.05) is 43.5 Å². The Morgan fingerprint density at radius 2 is 1.85 bits per heavy atom. The number of aliphatic hydroxyl groups is 1. The van der Waals surface area contributed by atoms with Crippen LogP contribution < -0.4 is 0 Å². The van der Waals surface area contributed by atoms with Crippen LogP contribution in [0.15, 0.2) is 42.7 Å². The lowest BCUT2D eigenvalue weighted by atomic mass is 9.92. The van der Waals surface area contributed by atoms with Crippen molar-refractivity contribution in [2.75, 3.05) is 0 Å². The predicted octanol–water partition coefficient (Wildman–Crippen LogP) is 3.64. The zero-order chi connectivity index (χ0) is 14.0. The highest BCUT2D eigenvalue weighted by Crippen LogP contribution is 2.34. The molecule has 0 aliphatic heterocycles. The lowest BCUT2D eigenvalue weighted by Gasteiger charge is -2.30. The zero-order valence-corrected chi connectivity index (χ0v) is 12.0. The molecule has 1 N–H and O–H groups in total. The van der Waals surface area contributed by atoms with Gasteiger partial charge in [-0.15, -0.1) is 0 Å². The van der Waals surface area contributed by atoms with Crippen molar-refractivity contribution in [3.63, 3.8) is 0 Å². The summed E-state index contributed by atoms with van der Waals surface area (Å²) in [4.78, 5) is 4.45. The fourth-order valence-corrected chi connectivity index (χ4v) is 3.24. The van der Waals surface area contributed by atoms with E-state index in [-0.39, 0.29) is 0 Å². The molecule has 1 aliphatic rings. The number of rotatable bonds is 3. The van der Waals surface area contributed by atoms with Gasteiger partial charge in [0.25, 0.3) is 0 Å². The molecule has 106 valence electrons. The molecule has 0 bridgehead atoms. The molecular formula is C17H22N2O. The van der Waals surface area contributed by atoms with Gasteiger partial charge in [0.1, 0.15) is 11.4 Å². The highest BCUT2D eigenvalue weighted by Gasteiger charge is 2.32. The summed E-state index contributed by atoms with van der Waals surface area (Å²) in [5, 5.41) is 11.0. The molecule has 20 heavy (non-hydrogen) atoms. The SMILES string of the molecule is CC(O)(c1ccccc1)c1nccn1C1CCCCC1. The third kappa shape index (κ3) is 2.38. The molecule has 1 aromatic heterocycles. The molecule has 3 nitrogen and oxygen atoms in total. The van der Waals surface area contributed by atoms with Crippen molar-refractivity contribution in [1.29, 1.82) is 0 Å². The minimum Gasteiger partial charge on any atom is -0.377 e. The van der Waals surface area contributed by atoms with Crippen molar-refractivity contribution in [2.45, 2.75) is 50.7 Å². The van der Waals surface area contributed by atoms with Gasteiger partial charge in [-0.25, -0.2) is 4.98 Å². The first kappa shape index (κ1) is 13.4. The van der Waals surface area contributed by atoms with Crippen LogP contribution in [0, 0.1) is 0 Å². The number of benzene rings is 1. The fraction of sp³-hybridized carbons (Fsp3) is 0.471. The van der Waals surface area contributed by atoms with Crippen LogP contribution in [0.5, 0.6) is 0 Å². The van der Waals surface area contributed by atoms with Crippen LogP contribution in [-0.2, 0) is 5.60 Å². The van der Waals surface area contributed by atoms with E-state index in [0.717, 1.165) is 11.4 Å². The van der Waals surface area contributed by atoms with Gasteiger partial charge in [-0.3, -0.25) is 0 Å². The quantitative estimate of drug-likeness (QED) is 0.924. The van der Waals surface area contributed by atoms with Gasteiger partial charge in [0.2, 0.25) is 0 Å². The average molecular weight is 270 g/mol. The Morgan fingerprint density at radius 1 is 1.15 bits per heavy atom. The second kappa shape index (κ2) is 5.41. The summed E-state index contributed by atoms with van der Waals surface area (Å²) in [7, 11) is 0. The smallest absolute Gasteiger partial charge is 0.145 e. The molecule has 1 aliphatic carbocycles. The Balaban J connectivity index is 1.96. The van der Waals surface area contributed by atoms with Crippen LogP contribution in [0.1, 0.15) is 56.5 Å². The number of hydrogen-bond donors (Lipinski definition) is 1. The Kier molecular flexibility index (Phi) is 3.62. The zero-order valence-electron chi connectivity index (χ0n) is 12.0. The van der Waals surface area contributed by atoms with Gasteiger partial charge in [-0.2, -0.15) is 0 Å². The highest BCUT2D eigenvalue weighted by molar-refractivity contribution is 5.28. The molecule has 1 saturated carbocycles. The molecule has 0 radical (unpaired) electrons. The van der Waals surface area contributed by atoms with Crippen LogP contribution in [0.25, 0.3) is 0 Å². The summed E-state index contributed by atoms with van der Waals surface area (Å²) < 4.78 is 2.19. The molecule has 0 spiro atoms. The topological polar surface area (TPSA) is 38.1 Å². The van der Waals surface area contributed by atoms with E-state index in [1.54, 1.807) is 6.20 Å². The van der Waals surface area contributed by atoms with E-state index in [4.69, 9.17) is 0 Å². The second-order valence-corrected chi connectivity index (χ2v) is 5.89. The van der Waals surface area contributed by atoms with E-state index in [2.05, 4.69) is 9.55 Å². The standard InChI is InChI=1S/C17H22N2O/c1-17(20,14-8-4-2-5-9-14)16-18-12-13-19(16)15-10-6-3-7-11-15/h2,4-5,8-9,12-13,15,20H,3,6-7,10-11H2,1H3. The normalized spacial score (nSPS) is 19.7. The maximum absolute atomic E-state index is 11.0. The van der Waals surface area contributed by atoms with Crippen LogP contribution >= 0.6 is 0 Å². The van der Waals surface area contributed by atoms with Crippen molar-refractivity contribution in [3.8, 4) is 0 Å². The summed E-state index contributed by atoms with van der Waals surface area (Å²) in [5.41, 5.74) is -0.148. The Morgan fingerprint density at radius 3 is 2.55 bits per heavy atom. The first-order chi connectivity index (χ1) is 9.69. The molecule has 3 rings (SSSR count). The molecule has 1 heterocycles. The maximum atomic E-state index is 11.0. The number of hydrogen-bond acceptors (Lipinski definition) is 2. The van der Waals surface area contributed by atoms with Crippen molar-refractivity contribution in [1.82, 2.24) is 9.55 Å². The summed E-state index contributed by atoms with van der Waals surface area (Å²) >= 11 is 0. The molecule has 0 amide bonds. The third-order valence-electron chi connectivity index (χ3n) is 4.41. The summed E-state index contributed by atoms with van der Waals surface area (Å²) in [5.74, 6) is 0.760. The van der Waals surface area contributed by atoms with Crippen LogP contribution in [0.3, 0.4) is 0 Å². The maximum Gasteiger partial charge on any atom is 0.145 e. The predicted molar refractivity (Wildman–Crippen MR) is 79.5 cm³/mol. The van der Waals surface area contributed by atoms with E-state index in [0.29, 0.717) is 6.04 Å². The number of aromatic nitrogens is 2. The van der Waals surface area contributed by atoms with Gasteiger partial charge in [-0.05, 0) is 25.3 Å². The first-order valence-corrected chi connectivity index (χ1v) is 7.51. The molecule has 1 aromatic carbocycles. The van der Waals surface area contributed by atoms with Crippen molar-refractivity contribution in [3.05, 3.63) is 54.1 Å². The summed E-state index contributed by atoms with van der Waals surface area (Å²) in [6.07, 6.45) is 10.1. The van der Waals surface area contributed by atoms with Gasteiger partial charge in [-0.1, -0.05) is 49.6 Å². The lowest BCUT2D eigenvalue weighted by molar-refractivity contribution is 0.0844. The largest absolute Gasteiger partial charge is 0.377 e. The Bertz CT molecular complexity index is 553. The number of imidazole rings is 1. The lowest BCUT2D eigenvalue weighted by Crippen LogP contribution is -2.29. The molecule has 1 fully saturated rings. The molecule has 1 atom stereocenters. The number of nitrogens with zero attached hydrogens (tertiary/aromatic N) is 2.